The Bertz CT molecular complexity index is 3530. The van der Waals surface area contributed by atoms with Gasteiger partial charge in [0.2, 0.25) is 0 Å². The van der Waals surface area contributed by atoms with E-state index in [-0.39, 0.29) is 0 Å². The minimum Gasteiger partial charge on any atom is -0.0610 e. The van der Waals surface area contributed by atoms with Crippen molar-refractivity contribution in [1.82, 2.24) is 0 Å². The van der Waals surface area contributed by atoms with Gasteiger partial charge in [-0.3, -0.25) is 0 Å². The molecule has 0 saturated carbocycles. The van der Waals surface area contributed by atoms with E-state index in [1.54, 1.807) is 0 Å². The van der Waals surface area contributed by atoms with Crippen LogP contribution in [0.3, 0.4) is 0 Å². The molecule has 15 aromatic carbocycles. The first kappa shape index (κ1) is 20.9. The van der Waals surface area contributed by atoms with Crippen molar-refractivity contribution in [3.63, 3.8) is 0 Å². The molecule has 0 aliphatic rings. The van der Waals surface area contributed by atoms with Gasteiger partial charge in [0.05, 0.1) is 0 Å². The molecule has 0 aromatic heterocycles. The summed E-state index contributed by atoms with van der Waals surface area (Å²) in [5.41, 5.74) is 0. The van der Waals surface area contributed by atoms with E-state index in [1.807, 2.05) is 0 Å². The van der Waals surface area contributed by atoms with Gasteiger partial charge in [-0.2, -0.15) is 0 Å². The molecule has 0 aliphatic carbocycles. The van der Waals surface area contributed by atoms with E-state index in [0.29, 0.717) is 0 Å². The molecule has 15 rings (SSSR count). The highest BCUT2D eigenvalue weighted by atomic mass is 14.3. The number of hydrogen-bond donors (Lipinski definition) is 0. The van der Waals surface area contributed by atoms with E-state index >= 15 is 0 Å². The molecule has 0 saturated heterocycles. The number of fused-ring (bicyclic) bond motifs is 3. The van der Waals surface area contributed by atoms with E-state index in [0.717, 1.165) is 0 Å². The van der Waals surface area contributed by atoms with Crippen LogP contribution in [0.1, 0.15) is 0 Å². The Balaban J connectivity index is 1.52. The van der Waals surface area contributed by atoms with Gasteiger partial charge in [-0.25, -0.2) is 0 Å². The molecule has 0 fully saturated rings. The van der Waals surface area contributed by atoms with Gasteiger partial charge in [-0.15, -0.1) is 0 Å². The summed E-state index contributed by atoms with van der Waals surface area (Å²) >= 11 is 0. The summed E-state index contributed by atoms with van der Waals surface area (Å²) < 4.78 is 0. The van der Waals surface area contributed by atoms with Crippen LogP contribution in [-0.4, -0.2) is 0 Å². The highest BCUT2D eigenvalue weighted by Crippen LogP contribution is 2.61. The Morgan fingerprint density at radius 1 is 0.174 bits per heavy atom. The first-order valence-corrected chi connectivity index (χ1v) is 16.4. The third-order valence-corrected chi connectivity index (χ3v) is 12.6. The first-order valence-electron chi connectivity index (χ1n) is 16.4. The van der Waals surface area contributed by atoms with Gasteiger partial charge < -0.3 is 0 Å². The van der Waals surface area contributed by atoms with Crippen molar-refractivity contribution < 1.29 is 0 Å². The molecule has 0 nitrogen and oxygen atoms in total. The summed E-state index contributed by atoms with van der Waals surface area (Å²) in [5, 5.41) is 39.8. The lowest BCUT2D eigenvalue weighted by Crippen LogP contribution is -2.00. The van der Waals surface area contributed by atoms with Crippen molar-refractivity contribution in [3.8, 4) is 0 Å². The Morgan fingerprint density at radius 3 is 0.913 bits per heavy atom. The Hall–Kier alpha value is -5.98. The fourth-order valence-corrected chi connectivity index (χ4v) is 11.2. The zero-order valence-electron chi connectivity index (χ0n) is 24.4. The lowest BCUT2D eigenvalue weighted by atomic mass is 9.72. The van der Waals surface area contributed by atoms with E-state index < -0.39 is 0 Å². The summed E-state index contributed by atoms with van der Waals surface area (Å²) in [6, 6.07) is 42.9. The SMILES string of the molecule is c1cc2cc3ccc4ccc5c6ccc7ccc8cc9cccc%10c%11ccc%12c(c1)c2c1c3c4c5c2c1c%12c%11c1c(c9%10)c8c7c6c12. The highest BCUT2D eigenvalue weighted by Gasteiger charge is 2.32. The van der Waals surface area contributed by atoms with Crippen LogP contribution in [0.5, 0.6) is 0 Å². The molecule has 0 unspecified atom stereocenters. The largest absolute Gasteiger partial charge is 0.0610 e. The average molecular weight is 571 g/mol. The smallest absolute Gasteiger partial charge is 0.0000246 e. The first-order chi connectivity index (χ1) is 22.8. The monoisotopic (exact) mass is 570 g/mol. The molecule has 0 heteroatoms. The second kappa shape index (κ2) is 6.12. The molecule has 0 spiro atoms. The third-order valence-electron chi connectivity index (χ3n) is 12.6. The van der Waals surface area contributed by atoms with Crippen LogP contribution in [0.4, 0.5) is 0 Å². The van der Waals surface area contributed by atoms with Crippen LogP contribution in [0.2, 0.25) is 0 Å². The van der Waals surface area contributed by atoms with Gasteiger partial charge in [0.15, 0.2) is 0 Å². The van der Waals surface area contributed by atoms with Gasteiger partial charge in [-0.1, -0.05) is 97.1 Å². The fraction of sp³-hybridized carbons (Fsp3) is 0. The Kier molecular flexibility index (Phi) is 2.78. The van der Waals surface area contributed by atoms with Crippen molar-refractivity contribution in [1.29, 1.82) is 0 Å². The van der Waals surface area contributed by atoms with E-state index in [9.17, 15) is 0 Å². The molecule has 0 heterocycles. The van der Waals surface area contributed by atoms with Gasteiger partial charge in [-0.05, 0) is 163 Å². The summed E-state index contributed by atoms with van der Waals surface area (Å²) in [5.74, 6) is 0. The van der Waals surface area contributed by atoms with Crippen molar-refractivity contribution in [2.24, 2.45) is 0 Å². The fourth-order valence-electron chi connectivity index (χ4n) is 11.2. The van der Waals surface area contributed by atoms with Gasteiger partial charge in [0, 0.05) is 0 Å². The van der Waals surface area contributed by atoms with E-state index in [4.69, 9.17) is 0 Å². The van der Waals surface area contributed by atoms with E-state index in [1.165, 1.54) is 151 Å². The number of rotatable bonds is 0. The van der Waals surface area contributed by atoms with Gasteiger partial charge >= 0.3 is 0 Å². The van der Waals surface area contributed by atoms with Gasteiger partial charge in [0.25, 0.3) is 0 Å². The lowest BCUT2D eigenvalue weighted by molar-refractivity contribution is 1.82. The van der Waals surface area contributed by atoms with Gasteiger partial charge in [0.1, 0.15) is 0 Å². The molecule has 0 amide bonds. The topological polar surface area (TPSA) is 0 Å². The molecule has 15 aromatic rings. The second-order valence-electron chi connectivity index (χ2n) is 14.2. The average Bonchev–Trinajstić information content (AvgIpc) is 3.11. The van der Waals surface area contributed by atoms with Crippen LogP contribution in [-0.2, 0) is 0 Å². The predicted molar refractivity (Wildman–Crippen MR) is 201 cm³/mol. The summed E-state index contributed by atoms with van der Waals surface area (Å²) in [7, 11) is 0. The molecule has 46 heavy (non-hydrogen) atoms. The van der Waals surface area contributed by atoms with E-state index in [2.05, 4.69) is 109 Å². The van der Waals surface area contributed by atoms with Crippen molar-refractivity contribution in [2.45, 2.75) is 0 Å². The van der Waals surface area contributed by atoms with Crippen LogP contribution < -0.4 is 0 Å². The molecular weight excluding hydrogens is 553 g/mol. The third kappa shape index (κ3) is 1.78. The van der Waals surface area contributed by atoms with Crippen LogP contribution >= 0.6 is 0 Å². The molecule has 0 N–H and O–H groups in total. The van der Waals surface area contributed by atoms with Crippen LogP contribution in [0.25, 0.3) is 151 Å². The maximum absolute atomic E-state index is 2.45. The maximum atomic E-state index is 2.45. The van der Waals surface area contributed by atoms with Crippen LogP contribution in [0, 0.1) is 0 Å². The number of benzene rings is 15. The minimum atomic E-state index is 1.35. The lowest BCUT2D eigenvalue weighted by Gasteiger charge is -2.30. The second-order valence-corrected chi connectivity index (χ2v) is 14.2. The van der Waals surface area contributed by atoms with Crippen molar-refractivity contribution >= 4 is 151 Å². The Morgan fingerprint density at radius 2 is 0.457 bits per heavy atom. The van der Waals surface area contributed by atoms with Crippen LogP contribution in [0.15, 0.2) is 109 Å². The summed E-state index contributed by atoms with van der Waals surface area (Å²) in [6.07, 6.45) is 0. The van der Waals surface area contributed by atoms with Crippen molar-refractivity contribution in [3.05, 3.63) is 109 Å². The Labute approximate surface area is 259 Å². The molecule has 0 bridgehead atoms. The highest BCUT2D eigenvalue weighted by molar-refractivity contribution is 6.62. The normalized spacial score (nSPS) is 14.1. The standard InChI is InChI=1S/C46H18/c1-3-21-17-23-9-7-19-11-13-27-28-14-12-20-8-10-24-18-22-4-2-6-26-30-16-15-29-25(5-1)31(21)41-35(23)33(19)37(27)43-44-38(28)34(20)36(24)42(32(22)26)46(44)40(30)39(29)45(41)43/h1-18H. The molecule has 202 valence electrons. The van der Waals surface area contributed by atoms with Crippen molar-refractivity contribution in [2.75, 3.05) is 0 Å². The quantitative estimate of drug-likeness (QED) is 0.126. The summed E-state index contributed by atoms with van der Waals surface area (Å²) in [6.45, 7) is 0. The predicted octanol–water partition coefficient (Wildman–Crippen LogP) is 13.3. The summed E-state index contributed by atoms with van der Waals surface area (Å²) in [4.78, 5) is 0. The maximum Gasteiger partial charge on any atom is -0.0000246 e. The zero-order chi connectivity index (χ0) is 28.9. The molecular formula is C46H18. The molecule has 0 aliphatic heterocycles. The molecule has 0 atom stereocenters. The molecule has 0 radical (unpaired) electrons. The minimum absolute atomic E-state index is 1.35. The zero-order valence-corrected chi connectivity index (χ0v) is 24.4. The number of hydrogen-bond acceptors (Lipinski definition) is 0.